The summed E-state index contributed by atoms with van der Waals surface area (Å²) in [7, 11) is 1.38. The van der Waals surface area contributed by atoms with Crippen molar-refractivity contribution in [2.24, 2.45) is 0 Å². The van der Waals surface area contributed by atoms with Crippen LogP contribution in [0.3, 0.4) is 0 Å². The van der Waals surface area contributed by atoms with E-state index in [9.17, 15) is 4.79 Å². The van der Waals surface area contributed by atoms with E-state index in [0.717, 1.165) is 3.57 Å². The predicted molar refractivity (Wildman–Crippen MR) is 61.8 cm³/mol. The van der Waals surface area contributed by atoms with Gasteiger partial charge in [0, 0.05) is 3.57 Å². The van der Waals surface area contributed by atoms with Gasteiger partial charge in [0.25, 0.3) is 0 Å². The summed E-state index contributed by atoms with van der Waals surface area (Å²) in [5.74, 6) is -0.282. The fourth-order valence-corrected chi connectivity index (χ4v) is 1.34. The van der Waals surface area contributed by atoms with Crippen molar-refractivity contribution in [3.8, 4) is 0 Å². The molecule has 0 aliphatic heterocycles. The van der Waals surface area contributed by atoms with E-state index in [-0.39, 0.29) is 5.97 Å². The van der Waals surface area contributed by atoms with E-state index in [1.807, 2.05) is 32.0 Å². The maximum atomic E-state index is 11.0. The predicted octanol–water partition coefficient (Wildman–Crippen LogP) is 3.10. The molecule has 0 atom stereocenters. The Morgan fingerprint density at radius 2 is 1.85 bits per heavy atom. The van der Waals surface area contributed by atoms with E-state index in [2.05, 4.69) is 27.3 Å². The number of halogens is 1. The van der Waals surface area contributed by atoms with Gasteiger partial charge in [0.15, 0.2) is 0 Å². The molecule has 1 aromatic carbocycles. The van der Waals surface area contributed by atoms with Crippen molar-refractivity contribution in [1.29, 1.82) is 0 Å². The first-order valence-electron chi connectivity index (χ1n) is 4.08. The first-order valence-corrected chi connectivity index (χ1v) is 5.16. The summed E-state index contributed by atoms with van der Waals surface area (Å²) in [6, 6.07) is 7.31. The van der Waals surface area contributed by atoms with Crippen molar-refractivity contribution in [3.63, 3.8) is 0 Å². The van der Waals surface area contributed by atoms with Gasteiger partial charge in [-0.1, -0.05) is 26.0 Å². The van der Waals surface area contributed by atoms with Gasteiger partial charge < -0.3 is 4.74 Å². The molecule has 0 amide bonds. The van der Waals surface area contributed by atoms with Crippen LogP contribution in [0, 0.1) is 3.57 Å². The maximum Gasteiger partial charge on any atom is 0.338 e. The van der Waals surface area contributed by atoms with Crippen molar-refractivity contribution in [1.82, 2.24) is 0 Å². The highest BCUT2D eigenvalue weighted by atomic mass is 127. The summed E-state index contributed by atoms with van der Waals surface area (Å²) in [5, 5.41) is 0. The van der Waals surface area contributed by atoms with E-state index in [0.29, 0.717) is 5.56 Å². The number of benzene rings is 1. The van der Waals surface area contributed by atoms with Gasteiger partial charge in [0.2, 0.25) is 0 Å². The Morgan fingerprint density at radius 3 is 2.31 bits per heavy atom. The second-order valence-electron chi connectivity index (χ2n) is 1.97. The lowest BCUT2D eigenvalue weighted by Gasteiger charge is -1.99. The standard InChI is InChI=1S/C8H7IO2.C2H6/c1-11-8(10)6-4-2-3-5-7(6)9;1-2/h2-5H,1H3;1-2H3. The quantitative estimate of drug-likeness (QED) is 0.587. The fraction of sp³-hybridized carbons (Fsp3) is 0.300. The number of carbonyl (C=O) groups excluding carboxylic acids is 1. The Labute approximate surface area is 92.4 Å². The lowest BCUT2D eigenvalue weighted by molar-refractivity contribution is 0.0599. The summed E-state index contributed by atoms with van der Waals surface area (Å²) < 4.78 is 5.49. The third-order valence-corrected chi connectivity index (χ3v) is 2.22. The minimum Gasteiger partial charge on any atom is -0.465 e. The van der Waals surface area contributed by atoms with Gasteiger partial charge in [-0.05, 0) is 34.7 Å². The van der Waals surface area contributed by atoms with Crippen LogP contribution in [0.5, 0.6) is 0 Å². The van der Waals surface area contributed by atoms with Crippen LogP contribution >= 0.6 is 22.6 Å². The van der Waals surface area contributed by atoms with Crippen LogP contribution in [0.2, 0.25) is 0 Å². The summed E-state index contributed by atoms with van der Waals surface area (Å²) in [6.45, 7) is 4.00. The molecule has 0 aliphatic rings. The number of carbonyl (C=O) groups is 1. The number of ether oxygens (including phenoxy) is 1. The van der Waals surface area contributed by atoms with E-state index < -0.39 is 0 Å². The first kappa shape index (κ1) is 12.4. The molecule has 0 aromatic heterocycles. The zero-order chi connectivity index (χ0) is 10.3. The zero-order valence-corrected chi connectivity index (χ0v) is 10.2. The number of rotatable bonds is 1. The molecular formula is C10H13IO2. The summed E-state index contributed by atoms with van der Waals surface area (Å²) in [6.07, 6.45) is 0. The monoisotopic (exact) mass is 292 g/mol. The molecule has 3 heteroatoms. The van der Waals surface area contributed by atoms with Gasteiger partial charge in [-0.15, -0.1) is 0 Å². The molecule has 0 saturated heterocycles. The average molecular weight is 292 g/mol. The van der Waals surface area contributed by atoms with Gasteiger partial charge in [-0.25, -0.2) is 4.79 Å². The Hall–Kier alpha value is -0.580. The van der Waals surface area contributed by atoms with E-state index in [4.69, 9.17) is 0 Å². The van der Waals surface area contributed by atoms with Gasteiger partial charge in [0.1, 0.15) is 0 Å². The Kier molecular flexibility index (Phi) is 6.58. The van der Waals surface area contributed by atoms with Crippen molar-refractivity contribution in [2.45, 2.75) is 13.8 Å². The minimum absolute atomic E-state index is 0.282. The number of hydrogen-bond donors (Lipinski definition) is 0. The second kappa shape index (κ2) is 6.88. The molecule has 2 nitrogen and oxygen atoms in total. The fourth-order valence-electron chi connectivity index (χ4n) is 0.737. The molecule has 0 fully saturated rings. The molecule has 0 bridgehead atoms. The van der Waals surface area contributed by atoms with E-state index in [1.54, 1.807) is 6.07 Å². The minimum atomic E-state index is -0.282. The molecule has 0 aliphatic carbocycles. The Bertz CT molecular complexity index is 271. The highest BCUT2D eigenvalue weighted by Gasteiger charge is 2.07. The van der Waals surface area contributed by atoms with Crippen molar-refractivity contribution in [3.05, 3.63) is 33.4 Å². The third kappa shape index (κ3) is 3.76. The molecular weight excluding hydrogens is 279 g/mol. The average Bonchev–Trinajstić information content (AvgIpc) is 2.20. The molecule has 0 unspecified atom stereocenters. The molecule has 0 radical (unpaired) electrons. The lowest BCUT2D eigenvalue weighted by Crippen LogP contribution is -2.02. The molecule has 72 valence electrons. The van der Waals surface area contributed by atoms with Crippen LogP contribution in [0.4, 0.5) is 0 Å². The molecule has 1 aromatic rings. The zero-order valence-electron chi connectivity index (χ0n) is 8.00. The lowest BCUT2D eigenvalue weighted by atomic mass is 10.2. The third-order valence-electron chi connectivity index (χ3n) is 1.28. The van der Waals surface area contributed by atoms with Crippen LogP contribution in [0.1, 0.15) is 24.2 Å². The van der Waals surface area contributed by atoms with Crippen LogP contribution in [-0.2, 0) is 4.74 Å². The summed E-state index contributed by atoms with van der Waals surface area (Å²) >= 11 is 2.10. The van der Waals surface area contributed by atoms with Crippen molar-refractivity contribution in [2.75, 3.05) is 7.11 Å². The largest absolute Gasteiger partial charge is 0.465 e. The molecule has 0 saturated carbocycles. The highest BCUT2D eigenvalue weighted by molar-refractivity contribution is 14.1. The first-order chi connectivity index (χ1) is 6.25. The maximum absolute atomic E-state index is 11.0. The molecule has 13 heavy (non-hydrogen) atoms. The van der Waals surface area contributed by atoms with Crippen LogP contribution in [0.25, 0.3) is 0 Å². The number of esters is 1. The van der Waals surface area contributed by atoms with E-state index >= 15 is 0 Å². The number of hydrogen-bond acceptors (Lipinski definition) is 2. The van der Waals surface area contributed by atoms with Gasteiger partial charge in [-0.3, -0.25) is 0 Å². The second-order valence-corrected chi connectivity index (χ2v) is 3.13. The van der Waals surface area contributed by atoms with E-state index in [1.165, 1.54) is 7.11 Å². The molecule has 0 heterocycles. The number of methoxy groups -OCH3 is 1. The van der Waals surface area contributed by atoms with Gasteiger partial charge in [-0.2, -0.15) is 0 Å². The van der Waals surface area contributed by atoms with Crippen molar-refractivity contribution < 1.29 is 9.53 Å². The summed E-state index contributed by atoms with van der Waals surface area (Å²) in [5.41, 5.74) is 0.621. The van der Waals surface area contributed by atoms with Crippen LogP contribution in [0.15, 0.2) is 24.3 Å². The molecule has 0 N–H and O–H groups in total. The van der Waals surface area contributed by atoms with Crippen LogP contribution in [-0.4, -0.2) is 13.1 Å². The normalized spacial score (nSPS) is 8.31. The summed E-state index contributed by atoms with van der Waals surface area (Å²) in [4.78, 5) is 11.0. The molecule has 0 spiro atoms. The topological polar surface area (TPSA) is 26.3 Å². The van der Waals surface area contributed by atoms with Crippen LogP contribution < -0.4 is 0 Å². The van der Waals surface area contributed by atoms with Crippen molar-refractivity contribution >= 4 is 28.6 Å². The SMILES string of the molecule is CC.COC(=O)c1ccccc1I. The molecule has 1 rings (SSSR count). The Balaban J connectivity index is 0.000000671. The van der Waals surface area contributed by atoms with Gasteiger partial charge in [0.05, 0.1) is 12.7 Å². The Morgan fingerprint density at radius 1 is 1.31 bits per heavy atom. The smallest absolute Gasteiger partial charge is 0.338 e. The van der Waals surface area contributed by atoms with Gasteiger partial charge >= 0.3 is 5.97 Å². The highest BCUT2D eigenvalue weighted by Crippen LogP contribution is 2.11.